The molecule has 0 bridgehead atoms. The summed E-state index contributed by atoms with van der Waals surface area (Å²) in [4.78, 5) is 10.0. The second kappa shape index (κ2) is 2.65. The number of phenolic OH excluding ortho intramolecular Hbond substituents is 1. The predicted molar refractivity (Wildman–Crippen MR) is 33.4 cm³/mol. The van der Waals surface area contributed by atoms with Crippen molar-refractivity contribution in [2.45, 2.75) is 0 Å². The molecular weight excluding hydrogens is 154 g/mol. The molecule has 11 heavy (non-hydrogen) atoms. The standard InChI is InChI=1S/C7H4F2O2/c8-6-2-5(11)1-4(3-10)7(6)9/h1-3,11H. The number of halogens is 2. The van der Waals surface area contributed by atoms with Crippen LogP contribution in [0.1, 0.15) is 10.4 Å². The van der Waals surface area contributed by atoms with Crippen LogP contribution in [0.2, 0.25) is 0 Å². The SMILES string of the molecule is O=Cc1cc(O)cc(F)c1F. The van der Waals surface area contributed by atoms with Gasteiger partial charge in [0, 0.05) is 6.07 Å². The third kappa shape index (κ3) is 1.34. The summed E-state index contributed by atoms with van der Waals surface area (Å²) in [6, 6.07) is 1.45. The van der Waals surface area contributed by atoms with Crippen molar-refractivity contribution in [3.8, 4) is 5.75 Å². The van der Waals surface area contributed by atoms with Crippen LogP contribution in [0, 0.1) is 11.6 Å². The highest BCUT2D eigenvalue weighted by atomic mass is 19.2. The van der Waals surface area contributed by atoms with Gasteiger partial charge in [0.15, 0.2) is 17.9 Å². The molecule has 0 fully saturated rings. The summed E-state index contributed by atoms with van der Waals surface area (Å²) in [5, 5.41) is 8.68. The summed E-state index contributed by atoms with van der Waals surface area (Å²) in [6.07, 6.45) is 0.137. The number of benzene rings is 1. The van der Waals surface area contributed by atoms with E-state index in [1.165, 1.54) is 0 Å². The Bertz CT molecular complexity index is 297. The molecule has 0 aliphatic heterocycles. The number of carbonyl (C=O) groups excluding carboxylic acids is 1. The van der Waals surface area contributed by atoms with Crippen LogP contribution in [0.25, 0.3) is 0 Å². The van der Waals surface area contributed by atoms with Crippen molar-refractivity contribution in [2.75, 3.05) is 0 Å². The third-order valence-corrected chi connectivity index (χ3v) is 1.17. The first-order chi connectivity index (χ1) is 5.15. The first kappa shape index (κ1) is 7.65. The highest BCUT2D eigenvalue weighted by Gasteiger charge is 2.08. The van der Waals surface area contributed by atoms with Crippen LogP contribution in [0.15, 0.2) is 12.1 Å². The predicted octanol–water partition coefficient (Wildman–Crippen LogP) is 1.48. The van der Waals surface area contributed by atoms with Crippen LogP contribution in [0.5, 0.6) is 5.75 Å². The lowest BCUT2D eigenvalue weighted by Gasteiger charge is -1.96. The second-order valence-electron chi connectivity index (χ2n) is 1.95. The summed E-state index contributed by atoms with van der Waals surface area (Å²) >= 11 is 0. The second-order valence-corrected chi connectivity index (χ2v) is 1.95. The molecule has 0 aliphatic carbocycles. The van der Waals surface area contributed by atoms with E-state index >= 15 is 0 Å². The Morgan fingerprint density at radius 2 is 2.00 bits per heavy atom. The average Bonchev–Trinajstić information content (AvgIpc) is 1.96. The lowest BCUT2D eigenvalue weighted by molar-refractivity contribution is 0.111. The lowest BCUT2D eigenvalue weighted by Crippen LogP contribution is -1.91. The summed E-state index contributed by atoms with van der Waals surface area (Å²) in [5.41, 5.74) is -0.484. The van der Waals surface area contributed by atoms with Crippen LogP contribution in [-0.4, -0.2) is 11.4 Å². The van der Waals surface area contributed by atoms with Gasteiger partial charge in [0.2, 0.25) is 0 Å². The molecule has 0 radical (unpaired) electrons. The summed E-state index contributed by atoms with van der Waals surface area (Å²) < 4.78 is 24.8. The van der Waals surface area contributed by atoms with Gasteiger partial charge >= 0.3 is 0 Å². The van der Waals surface area contributed by atoms with Gasteiger partial charge in [-0.15, -0.1) is 0 Å². The normalized spacial score (nSPS) is 9.64. The Kier molecular flexibility index (Phi) is 1.85. The van der Waals surface area contributed by atoms with Gasteiger partial charge in [0.1, 0.15) is 5.75 Å². The summed E-state index contributed by atoms with van der Waals surface area (Å²) in [7, 11) is 0. The van der Waals surface area contributed by atoms with Gasteiger partial charge in [0.25, 0.3) is 0 Å². The number of carbonyl (C=O) groups is 1. The van der Waals surface area contributed by atoms with Crippen LogP contribution < -0.4 is 0 Å². The topological polar surface area (TPSA) is 37.3 Å². The smallest absolute Gasteiger partial charge is 0.169 e. The first-order valence-electron chi connectivity index (χ1n) is 2.78. The van der Waals surface area contributed by atoms with Crippen molar-refractivity contribution >= 4 is 6.29 Å². The van der Waals surface area contributed by atoms with Gasteiger partial charge in [-0.1, -0.05) is 0 Å². The number of hydrogen-bond donors (Lipinski definition) is 1. The molecule has 1 aromatic rings. The number of phenols is 1. The zero-order valence-electron chi connectivity index (χ0n) is 5.34. The molecule has 0 heterocycles. The summed E-state index contributed by atoms with van der Waals surface area (Å²) in [6.45, 7) is 0. The van der Waals surface area contributed by atoms with E-state index in [1.807, 2.05) is 0 Å². The fourth-order valence-electron chi connectivity index (χ4n) is 0.681. The fraction of sp³-hybridized carbons (Fsp3) is 0. The minimum absolute atomic E-state index is 0.137. The van der Waals surface area contributed by atoms with Crippen molar-refractivity contribution < 1.29 is 18.7 Å². The van der Waals surface area contributed by atoms with Crippen molar-refractivity contribution in [2.24, 2.45) is 0 Å². The van der Waals surface area contributed by atoms with Crippen molar-refractivity contribution in [1.29, 1.82) is 0 Å². The molecule has 0 atom stereocenters. The van der Waals surface area contributed by atoms with Crippen LogP contribution in [0.3, 0.4) is 0 Å². The van der Waals surface area contributed by atoms with Gasteiger partial charge in [-0.3, -0.25) is 4.79 Å². The van der Waals surface area contributed by atoms with E-state index in [-0.39, 0.29) is 6.29 Å². The zero-order chi connectivity index (χ0) is 8.43. The molecule has 1 N–H and O–H groups in total. The monoisotopic (exact) mass is 158 g/mol. The molecule has 2 nitrogen and oxygen atoms in total. The molecule has 58 valence electrons. The molecule has 0 saturated carbocycles. The average molecular weight is 158 g/mol. The molecule has 1 rings (SSSR count). The maximum atomic E-state index is 12.5. The Hall–Kier alpha value is -1.45. The van der Waals surface area contributed by atoms with Crippen molar-refractivity contribution in [1.82, 2.24) is 0 Å². The molecule has 0 amide bonds. The van der Waals surface area contributed by atoms with Gasteiger partial charge < -0.3 is 5.11 Å². The van der Waals surface area contributed by atoms with E-state index < -0.39 is 22.9 Å². The Morgan fingerprint density at radius 1 is 1.36 bits per heavy atom. The quantitative estimate of drug-likeness (QED) is 0.628. The minimum atomic E-state index is -1.24. The number of aromatic hydroxyl groups is 1. The van der Waals surface area contributed by atoms with Crippen LogP contribution >= 0.6 is 0 Å². The zero-order valence-corrected chi connectivity index (χ0v) is 5.34. The van der Waals surface area contributed by atoms with E-state index in [9.17, 15) is 13.6 Å². The fourth-order valence-corrected chi connectivity index (χ4v) is 0.681. The minimum Gasteiger partial charge on any atom is -0.508 e. The number of aldehydes is 1. The van der Waals surface area contributed by atoms with E-state index in [4.69, 9.17) is 5.11 Å². The van der Waals surface area contributed by atoms with Crippen LogP contribution in [-0.2, 0) is 0 Å². The van der Waals surface area contributed by atoms with E-state index in [1.54, 1.807) is 0 Å². The van der Waals surface area contributed by atoms with Gasteiger partial charge in [-0.25, -0.2) is 8.78 Å². The van der Waals surface area contributed by atoms with Crippen molar-refractivity contribution in [3.05, 3.63) is 29.3 Å². The van der Waals surface area contributed by atoms with Crippen LogP contribution in [0.4, 0.5) is 8.78 Å². The Labute approximate surface area is 61.1 Å². The molecule has 4 heteroatoms. The molecule has 0 spiro atoms. The highest BCUT2D eigenvalue weighted by Crippen LogP contribution is 2.17. The highest BCUT2D eigenvalue weighted by molar-refractivity contribution is 5.75. The summed E-state index contributed by atoms with van der Waals surface area (Å²) in [5.74, 6) is -2.93. The molecule has 0 aromatic heterocycles. The van der Waals surface area contributed by atoms with E-state index in [2.05, 4.69) is 0 Å². The molecule has 0 saturated heterocycles. The largest absolute Gasteiger partial charge is 0.508 e. The van der Waals surface area contributed by atoms with Gasteiger partial charge in [-0.2, -0.15) is 0 Å². The number of rotatable bonds is 1. The van der Waals surface area contributed by atoms with Crippen molar-refractivity contribution in [3.63, 3.8) is 0 Å². The van der Waals surface area contributed by atoms with E-state index in [0.29, 0.717) is 6.07 Å². The molecular formula is C7H4F2O2. The lowest BCUT2D eigenvalue weighted by atomic mass is 10.2. The maximum absolute atomic E-state index is 12.5. The van der Waals surface area contributed by atoms with Gasteiger partial charge in [-0.05, 0) is 6.07 Å². The van der Waals surface area contributed by atoms with E-state index in [0.717, 1.165) is 6.07 Å². The van der Waals surface area contributed by atoms with Gasteiger partial charge in [0.05, 0.1) is 5.56 Å². The maximum Gasteiger partial charge on any atom is 0.169 e. The Morgan fingerprint density at radius 3 is 2.55 bits per heavy atom. The number of hydrogen-bond acceptors (Lipinski definition) is 2. The first-order valence-corrected chi connectivity index (χ1v) is 2.78. The molecule has 1 aromatic carbocycles. The third-order valence-electron chi connectivity index (χ3n) is 1.17. The molecule has 0 aliphatic rings. The Balaban J connectivity index is 3.35. The molecule has 0 unspecified atom stereocenters.